The zero-order chi connectivity index (χ0) is 15.3. The molecule has 1 aromatic rings. The van der Waals surface area contributed by atoms with Gasteiger partial charge in [0.05, 0.1) is 25.2 Å². The molecule has 0 spiro atoms. The standard InChI is InChI=1S/C17H16N2O3/c1-22-13-5-3-2-4-12(13)9-18-19-16(20)14-10-6-7-11(8-10)15(14)17(19)21/h2-7,9-11,14-15H,8H2,1H3/b18-9-/t10-,11+,14-,15+. The van der Waals surface area contributed by atoms with E-state index in [1.54, 1.807) is 7.11 Å². The Balaban J connectivity index is 1.61. The Hall–Kier alpha value is -2.43. The van der Waals surface area contributed by atoms with Gasteiger partial charge in [-0.3, -0.25) is 9.59 Å². The van der Waals surface area contributed by atoms with Gasteiger partial charge in [0.15, 0.2) is 0 Å². The zero-order valence-electron chi connectivity index (χ0n) is 12.2. The molecule has 5 heteroatoms. The molecule has 0 aromatic heterocycles. The molecule has 4 atom stereocenters. The monoisotopic (exact) mass is 296 g/mol. The fourth-order valence-electron chi connectivity index (χ4n) is 3.89. The molecule has 1 saturated heterocycles. The van der Waals surface area contributed by atoms with Gasteiger partial charge in [-0.15, -0.1) is 0 Å². The Labute approximate surface area is 128 Å². The van der Waals surface area contributed by atoms with Gasteiger partial charge < -0.3 is 4.74 Å². The number of hydrogen-bond acceptors (Lipinski definition) is 4. The molecule has 5 nitrogen and oxygen atoms in total. The number of methoxy groups -OCH3 is 1. The van der Waals surface area contributed by atoms with Crippen LogP contribution in [0.15, 0.2) is 41.5 Å². The second kappa shape index (κ2) is 4.80. The van der Waals surface area contributed by atoms with E-state index in [0.29, 0.717) is 5.75 Å². The van der Waals surface area contributed by atoms with Gasteiger partial charge in [-0.05, 0) is 30.4 Å². The van der Waals surface area contributed by atoms with Crippen LogP contribution >= 0.6 is 0 Å². The summed E-state index contributed by atoms with van der Waals surface area (Å²) in [6.45, 7) is 0. The maximum Gasteiger partial charge on any atom is 0.254 e. The summed E-state index contributed by atoms with van der Waals surface area (Å²) in [5.41, 5.74) is 0.740. The summed E-state index contributed by atoms with van der Waals surface area (Å²) in [6, 6.07) is 7.36. The van der Waals surface area contributed by atoms with Crippen molar-refractivity contribution >= 4 is 18.0 Å². The summed E-state index contributed by atoms with van der Waals surface area (Å²) in [6.07, 6.45) is 6.59. The van der Waals surface area contributed by atoms with Crippen molar-refractivity contribution in [2.45, 2.75) is 6.42 Å². The van der Waals surface area contributed by atoms with Crippen LogP contribution in [0.2, 0.25) is 0 Å². The van der Waals surface area contributed by atoms with Crippen molar-refractivity contribution in [1.29, 1.82) is 0 Å². The molecule has 3 aliphatic rings. The van der Waals surface area contributed by atoms with Crippen LogP contribution in [-0.2, 0) is 9.59 Å². The van der Waals surface area contributed by atoms with Gasteiger partial charge in [0.1, 0.15) is 5.75 Å². The molecule has 1 aromatic carbocycles. The van der Waals surface area contributed by atoms with Crippen molar-refractivity contribution < 1.29 is 14.3 Å². The predicted octanol–water partition coefficient (Wildman–Crippen LogP) is 1.84. The average Bonchev–Trinajstić information content (AvgIpc) is 3.21. The Kier molecular flexibility index (Phi) is 2.89. The lowest BCUT2D eigenvalue weighted by Crippen LogP contribution is -2.28. The minimum absolute atomic E-state index is 0.169. The van der Waals surface area contributed by atoms with Crippen molar-refractivity contribution in [3.8, 4) is 5.75 Å². The minimum atomic E-state index is -0.211. The number of allylic oxidation sites excluding steroid dienone is 2. The van der Waals surface area contributed by atoms with Crippen molar-refractivity contribution in [1.82, 2.24) is 5.01 Å². The van der Waals surface area contributed by atoms with Gasteiger partial charge in [-0.1, -0.05) is 24.3 Å². The minimum Gasteiger partial charge on any atom is -0.496 e. The average molecular weight is 296 g/mol. The number of ether oxygens (including phenoxy) is 1. The van der Waals surface area contributed by atoms with E-state index < -0.39 is 0 Å². The molecule has 2 bridgehead atoms. The van der Waals surface area contributed by atoms with Gasteiger partial charge >= 0.3 is 0 Å². The first-order valence-electron chi connectivity index (χ1n) is 7.44. The Morgan fingerprint density at radius 1 is 1.14 bits per heavy atom. The van der Waals surface area contributed by atoms with Gasteiger partial charge in [-0.25, -0.2) is 0 Å². The molecule has 2 aliphatic carbocycles. The number of imide groups is 1. The number of carbonyl (C=O) groups is 2. The smallest absolute Gasteiger partial charge is 0.254 e. The van der Waals surface area contributed by atoms with Crippen LogP contribution in [0.4, 0.5) is 0 Å². The predicted molar refractivity (Wildman–Crippen MR) is 80.2 cm³/mol. The topological polar surface area (TPSA) is 59.0 Å². The van der Waals surface area contributed by atoms with E-state index in [-0.39, 0.29) is 35.5 Å². The van der Waals surface area contributed by atoms with Gasteiger partial charge in [0.2, 0.25) is 0 Å². The lowest BCUT2D eigenvalue weighted by atomic mass is 9.85. The molecule has 0 N–H and O–H groups in total. The number of nitrogens with zero attached hydrogens (tertiary/aromatic N) is 2. The number of hydrogen-bond donors (Lipinski definition) is 0. The lowest BCUT2D eigenvalue weighted by molar-refractivity contribution is -0.140. The van der Waals surface area contributed by atoms with E-state index in [1.807, 2.05) is 24.3 Å². The Bertz CT molecular complexity index is 680. The highest BCUT2D eigenvalue weighted by Gasteiger charge is 2.59. The molecule has 2 amide bonds. The zero-order valence-corrected chi connectivity index (χ0v) is 12.2. The van der Waals surface area contributed by atoms with E-state index in [1.165, 1.54) is 6.21 Å². The molecule has 1 heterocycles. The molecule has 4 rings (SSSR count). The van der Waals surface area contributed by atoms with Crippen LogP contribution in [0, 0.1) is 23.7 Å². The third kappa shape index (κ3) is 1.75. The van der Waals surface area contributed by atoms with Crippen LogP contribution in [0.3, 0.4) is 0 Å². The second-order valence-corrected chi connectivity index (χ2v) is 5.97. The summed E-state index contributed by atoms with van der Waals surface area (Å²) >= 11 is 0. The highest BCUT2D eigenvalue weighted by molar-refractivity contribution is 6.06. The van der Waals surface area contributed by atoms with E-state index in [2.05, 4.69) is 17.3 Å². The summed E-state index contributed by atoms with van der Waals surface area (Å²) < 4.78 is 5.24. The van der Waals surface area contributed by atoms with Gasteiger partial charge in [0, 0.05) is 5.56 Å². The summed E-state index contributed by atoms with van der Waals surface area (Å²) in [5, 5.41) is 5.19. The number of hydrazone groups is 1. The third-order valence-corrected chi connectivity index (χ3v) is 4.90. The van der Waals surface area contributed by atoms with Crippen molar-refractivity contribution in [2.75, 3.05) is 7.11 Å². The van der Waals surface area contributed by atoms with E-state index >= 15 is 0 Å². The second-order valence-electron chi connectivity index (χ2n) is 5.97. The Morgan fingerprint density at radius 3 is 2.41 bits per heavy atom. The number of benzene rings is 1. The van der Waals surface area contributed by atoms with Crippen molar-refractivity contribution in [2.24, 2.45) is 28.8 Å². The number of fused-ring (bicyclic) bond motifs is 5. The molecular formula is C17H16N2O3. The third-order valence-electron chi connectivity index (χ3n) is 4.90. The van der Waals surface area contributed by atoms with Crippen LogP contribution in [0.25, 0.3) is 0 Å². The summed E-state index contributed by atoms with van der Waals surface area (Å²) in [4.78, 5) is 25.0. The van der Waals surface area contributed by atoms with Crippen LogP contribution in [0.1, 0.15) is 12.0 Å². The molecular weight excluding hydrogens is 280 g/mol. The molecule has 1 aliphatic heterocycles. The van der Waals surface area contributed by atoms with Crippen molar-refractivity contribution in [3.63, 3.8) is 0 Å². The Morgan fingerprint density at radius 2 is 1.77 bits per heavy atom. The van der Waals surface area contributed by atoms with E-state index in [4.69, 9.17) is 4.74 Å². The first kappa shape index (κ1) is 13.2. The highest BCUT2D eigenvalue weighted by atomic mass is 16.5. The molecule has 2 fully saturated rings. The largest absolute Gasteiger partial charge is 0.496 e. The highest BCUT2D eigenvalue weighted by Crippen LogP contribution is 2.52. The first-order chi connectivity index (χ1) is 10.7. The first-order valence-corrected chi connectivity index (χ1v) is 7.44. The number of amides is 2. The number of para-hydroxylation sites is 1. The molecule has 0 radical (unpaired) electrons. The van der Waals surface area contributed by atoms with Crippen LogP contribution in [0.5, 0.6) is 5.75 Å². The van der Waals surface area contributed by atoms with Crippen LogP contribution in [-0.4, -0.2) is 30.1 Å². The summed E-state index contributed by atoms with van der Waals surface area (Å²) in [7, 11) is 1.58. The maximum absolute atomic E-state index is 12.5. The molecule has 112 valence electrons. The van der Waals surface area contributed by atoms with E-state index in [0.717, 1.165) is 17.0 Å². The maximum atomic E-state index is 12.5. The summed E-state index contributed by atoms with van der Waals surface area (Å²) in [5.74, 6) is 0.314. The fraction of sp³-hybridized carbons (Fsp3) is 0.353. The van der Waals surface area contributed by atoms with Gasteiger partial charge in [-0.2, -0.15) is 10.1 Å². The van der Waals surface area contributed by atoms with Crippen LogP contribution < -0.4 is 4.74 Å². The van der Waals surface area contributed by atoms with Gasteiger partial charge in [0.25, 0.3) is 11.8 Å². The lowest BCUT2D eigenvalue weighted by Gasteiger charge is -2.13. The molecule has 0 unspecified atom stereocenters. The normalized spacial score (nSPS) is 32.3. The van der Waals surface area contributed by atoms with Crippen molar-refractivity contribution in [3.05, 3.63) is 42.0 Å². The SMILES string of the molecule is COc1ccccc1/C=N\N1C(=O)[C@@H]2[C@H](C1=O)[C@@H]1C=C[C@H]2C1. The fourth-order valence-corrected chi connectivity index (χ4v) is 3.89. The van der Waals surface area contributed by atoms with E-state index in [9.17, 15) is 9.59 Å². The quantitative estimate of drug-likeness (QED) is 0.486. The molecule has 1 saturated carbocycles. The number of rotatable bonds is 3. The number of carbonyl (C=O) groups excluding carboxylic acids is 2. The molecule has 22 heavy (non-hydrogen) atoms.